The molecule has 0 spiro atoms. The number of benzene rings is 1. The molecule has 0 saturated heterocycles. The highest BCUT2D eigenvalue weighted by Crippen LogP contribution is 2.61. The second-order valence-corrected chi connectivity index (χ2v) is 10.4. The van der Waals surface area contributed by atoms with Crippen molar-refractivity contribution in [3.05, 3.63) is 52.1 Å². The molecule has 0 radical (unpaired) electrons. The number of hydrogen-bond acceptors (Lipinski definition) is 2. The number of aromatic nitrogens is 1. The van der Waals surface area contributed by atoms with Crippen molar-refractivity contribution in [3.63, 3.8) is 0 Å². The Labute approximate surface area is 165 Å². The van der Waals surface area contributed by atoms with E-state index < -0.39 is 0 Å². The van der Waals surface area contributed by atoms with Gasteiger partial charge in [-0.3, -0.25) is 0 Å². The Balaban J connectivity index is 1.86. The summed E-state index contributed by atoms with van der Waals surface area (Å²) in [5.74, 6) is 2.52. The zero-order valence-corrected chi connectivity index (χ0v) is 17.7. The van der Waals surface area contributed by atoms with Gasteiger partial charge in [-0.15, -0.1) is 0 Å². The minimum atomic E-state index is 0.170. The van der Waals surface area contributed by atoms with Crippen LogP contribution in [0.15, 0.2) is 41.0 Å². The van der Waals surface area contributed by atoms with Gasteiger partial charge in [-0.2, -0.15) is 0 Å². The van der Waals surface area contributed by atoms with E-state index in [1.165, 1.54) is 41.9 Å². The van der Waals surface area contributed by atoms with E-state index in [-0.39, 0.29) is 10.8 Å². The molecule has 1 saturated carbocycles. The summed E-state index contributed by atoms with van der Waals surface area (Å²) in [5.41, 5.74) is 4.60. The van der Waals surface area contributed by atoms with Crippen LogP contribution in [-0.4, -0.2) is 11.0 Å². The molecule has 1 aromatic heterocycles. The van der Waals surface area contributed by atoms with Gasteiger partial charge in [-0.05, 0) is 59.3 Å². The van der Waals surface area contributed by atoms with Gasteiger partial charge < -0.3 is 4.90 Å². The second-order valence-electron chi connectivity index (χ2n) is 9.48. The number of hydrogen-bond donors (Lipinski definition) is 0. The molecule has 1 aromatic carbocycles. The van der Waals surface area contributed by atoms with Gasteiger partial charge in [-0.1, -0.05) is 62.2 Å². The Morgan fingerprint density at radius 3 is 2.42 bits per heavy atom. The zero-order valence-electron chi connectivity index (χ0n) is 16.1. The number of pyridine rings is 1. The van der Waals surface area contributed by atoms with Crippen LogP contribution >= 0.6 is 15.9 Å². The average Bonchev–Trinajstić information content (AvgIpc) is 2.61. The van der Waals surface area contributed by atoms with Gasteiger partial charge >= 0.3 is 0 Å². The molecule has 5 rings (SSSR count). The lowest BCUT2D eigenvalue weighted by molar-refractivity contribution is 0.0872. The van der Waals surface area contributed by atoms with E-state index in [4.69, 9.17) is 4.98 Å². The van der Waals surface area contributed by atoms with Crippen LogP contribution in [0.5, 0.6) is 0 Å². The largest absolute Gasteiger partial charge is 0.322 e. The Hall–Kier alpha value is -1.35. The fourth-order valence-electron chi connectivity index (χ4n) is 6.27. The fourth-order valence-corrected chi connectivity index (χ4v) is 6.62. The highest BCUT2D eigenvalue weighted by Gasteiger charge is 2.57. The van der Waals surface area contributed by atoms with Crippen LogP contribution in [0, 0.1) is 11.8 Å². The maximum absolute atomic E-state index is 4.91. The standard InChI is InChI=1S/C23H27BrN2/c1-22(2)15-11-10-14(24)13-19(15)26-20-16(22)7-5-8-17(20)23(3,4)18-9-6-12-25-21(18)26/h6,9-13,16-17,20H,5,7-8H2,1-4H3. The molecule has 1 fully saturated rings. The first kappa shape index (κ1) is 16.8. The van der Waals surface area contributed by atoms with Crippen LogP contribution in [0.3, 0.4) is 0 Å². The summed E-state index contributed by atoms with van der Waals surface area (Å²) in [6, 6.07) is 11.8. The molecule has 3 heterocycles. The summed E-state index contributed by atoms with van der Waals surface area (Å²) >= 11 is 3.72. The van der Waals surface area contributed by atoms with Crippen molar-refractivity contribution in [1.29, 1.82) is 0 Å². The first-order valence-corrected chi connectivity index (χ1v) is 10.7. The molecule has 2 aliphatic heterocycles. The summed E-state index contributed by atoms with van der Waals surface area (Å²) in [4.78, 5) is 7.52. The molecule has 136 valence electrons. The first-order valence-electron chi connectivity index (χ1n) is 9.88. The Bertz CT molecular complexity index is 886. The summed E-state index contributed by atoms with van der Waals surface area (Å²) in [6.45, 7) is 9.82. The normalized spacial score (nSPS) is 30.2. The first-order chi connectivity index (χ1) is 12.3. The smallest absolute Gasteiger partial charge is 0.136 e. The molecule has 3 aliphatic rings. The number of anilines is 2. The molecule has 3 heteroatoms. The van der Waals surface area contributed by atoms with Crippen LogP contribution in [0.2, 0.25) is 0 Å². The van der Waals surface area contributed by atoms with E-state index in [1.54, 1.807) is 0 Å². The van der Waals surface area contributed by atoms with E-state index in [2.05, 4.69) is 78.9 Å². The summed E-state index contributed by atoms with van der Waals surface area (Å²) in [7, 11) is 0. The highest BCUT2D eigenvalue weighted by atomic mass is 79.9. The van der Waals surface area contributed by atoms with Gasteiger partial charge in [0.1, 0.15) is 5.82 Å². The minimum absolute atomic E-state index is 0.170. The minimum Gasteiger partial charge on any atom is -0.322 e. The molecule has 0 N–H and O–H groups in total. The average molecular weight is 411 g/mol. The van der Waals surface area contributed by atoms with Gasteiger partial charge in [0, 0.05) is 28.0 Å². The third-order valence-corrected chi connectivity index (χ3v) is 8.12. The quantitative estimate of drug-likeness (QED) is 0.502. The van der Waals surface area contributed by atoms with E-state index >= 15 is 0 Å². The third-order valence-electron chi connectivity index (χ3n) is 7.63. The Morgan fingerprint density at radius 1 is 1.00 bits per heavy atom. The van der Waals surface area contributed by atoms with Crippen molar-refractivity contribution in [2.45, 2.75) is 63.8 Å². The van der Waals surface area contributed by atoms with Crippen molar-refractivity contribution >= 4 is 27.4 Å². The molecule has 3 unspecified atom stereocenters. The van der Waals surface area contributed by atoms with E-state index in [0.29, 0.717) is 17.9 Å². The lowest BCUT2D eigenvalue weighted by Gasteiger charge is -2.61. The molecule has 26 heavy (non-hydrogen) atoms. The predicted octanol–water partition coefficient (Wildman–Crippen LogP) is 6.35. The molecular weight excluding hydrogens is 384 g/mol. The van der Waals surface area contributed by atoms with Crippen LogP contribution < -0.4 is 4.90 Å². The van der Waals surface area contributed by atoms with Crippen LogP contribution in [0.4, 0.5) is 11.5 Å². The highest BCUT2D eigenvalue weighted by molar-refractivity contribution is 9.10. The third kappa shape index (κ3) is 2.01. The number of fused-ring (bicyclic) bond motifs is 4. The second kappa shape index (κ2) is 5.34. The maximum atomic E-state index is 4.91. The monoisotopic (exact) mass is 410 g/mol. The molecule has 2 aromatic rings. The summed E-state index contributed by atoms with van der Waals surface area (Å²) < 4.78 is 1.15. The van der Waals surface area contributed by atoms with Crippen molar-refractivity contribution in [2.75, 3.05) is 4.90 Å². The molecule has 0 amide bonds. The predicted molar refractivity (Wildman–Crippen MR) is 111 cm³/mol. The fraction of sp³-hybridized carbons (Fsp3) is 0.522. The van der Waals surface area contributed by atoms with Crippen molar-refractivity contribution in [2.24, 2.45) is 11.8 Å². The Morgan fingerprint density at radius 2 is 1.69 bits per heavy atom. The summed E-state index contributed by atoms with van der Waals surface area (Å²) in [6.07, 6.45) is 5.94. The van der Waals surface area contributed by atoms with E-state index in [9.17, 15) is 0 Å². The van der Waals surface area contributed by atoms with Crippen LogP contribution in [-0.2, 0) is 10.8 Å². The van der Waals surface area contributed by atoms with Crippen molar-refractivity contribution in [3.8, 4) is 0 Å². The van der Waals surface area contributed by atoms with Gasteiger partial charge in [0.2, 0.25) is 0 Å². The SMILES string of the molecule is CC1(C)c2ccc(Br)cc2N2c3ncccc3C(C)(C)C3CCCC1C32. The Kier molecular flexibility index (Phi) is 3.45. The number of nitrogens with zero attached hydrogens (tertiary/aromatic N) is 2. The number of rotatable bonds is 0. The van der Waals surface area contributed by atoms with Gasteiger partial charge in [-0.25, -0.2) is 4.98 Å². The molecule has 2 nitrogen and oxygen atoms in total. The van der Waals surface area contributed by atoms with Gasteiger partial charge in [0.15, 0.2) is 0 Å². The maximum Gasteiger partial charge on any atom is 0.136 e. The molecule has 1 aliphatic carbocycles. The molecular formula is C23H27BrN2. The molecule has 3 atom stereocenters. The van der Waals surface area contributed by atoms with Crippen LogP contribution in [0.1, 0.15) is 58.1 Å². The topological polar surface area (TPSA) is 16.1 Å². The molecule has 0 bridgehead atoms. The number of halogens is 1. The van der Waals surface area contributed by atoms with E-state index in [1.807, 2.05) is 6.20 Å². The van der Waals surface area contributed by atoms with Crippen molar-refractivity contribution in [1.82, 2.24) is 4.98 Å². The van der Waals surface area contributed by atoms with Gasteiger partial charge in [0.05, 0.1) is 0 Å². The lowest BCUT2D eigenvalue weighted by atomic mass is 9.53. The lowest BCUT2D eigenvalue weighted by Crippen LogP contribution is -2.62. The van der Waals surface area contributed by atoms with Crippen LogP contribution in [0.25, 0.3) is 0 Å². The van der Waals surface area contributed by atoms with Gasteiger partial charge in [0.25, 0.3) is 0 Å². The van der Waals surface area contributed by atoms with Crippen molar-refractivity contribution < 1.29 is 0 Å². The summed E-state index contributed by atoms with van der Waals surface area (Å²) in [5, 5.41) is 0. The van der Waals surface area contributed by atoms with E-state index in [0.717, 1.165) is 4.47 Å². The zero-order chi connectivity index (χ0) is 18.3.